The fourth-order valence-electron chi connectivity index (χ4n) is 2.40. The number of para-hydroxylation sites is 1. The Hall–Kier alpha value is -2.23. The molecule has 4 nitrogen and oxygen atoms in total. The van der Waals surface area contributed by atoms with Gasteiger partial charge in [-0.1, -0.05) is 18.2 Å². The number of furan rings is 1. The molecule has 0 fully saturated rings. The molecule has 1 aromatic carbocycles. The number of rotatable bonds is 3. The first-order chi connectivity index (χ1) is 9.72. The van der Waals surface area contributed by atoms with Crippen LogP contribution in [0.1, 0.15) is 21.9 Å². The van der Waals surface area contributed by atoms with E-state index in [0.717, 1.165) is 17.9 Å². The van der Waals surface area contributed by atoms with Crippen LogP contribution >= 0.6 is 0 Å². The summed E-state index contributed by atoms with van der Waals surface area (Å²) < 4.78 is 11.0. The fourth-order valence-corrected chi connectivity index (χ4v) is 2.40. The summed E-state index contributed by atoms with van der Waals surface area (Å²) in [6.07, 6.45) is 0.924. The van der Waals surface area contributed by atoms with Crippen molar-refractivity contribution in [3.63, 3.8) is 0 Å². The van der Waals surface area contributed by atoms with E-state index < -0.39 is 0 Å². The SMILES string of the molecule is Cc1ccc(C(=O)NCC2COc3ccccc3C2)o1. The van der Waals surface area contributed by atoms with E-state index >= 15 is 0 Å². The monoisotopic (exact) mass is 271 g/mol. The topological polar surface area (TPSA) is 51.5 Å². The van der Waals surface area contributed by atoms with Gasteiger partial charge in [-0.3, -0.25) is 4.79 Å². The summed E-state index contributed by atoms with van der Waals surface area (Å²) in [5, 5.41) is 2.90. The molecule has 20 heavy (non-hydrogen) atoms. The zero-order valence-corrected chi connectivity index (χ0v) is 11.4. The van der Waals surface area contributed by atoms with Gasteiger partial charge in [-0.05, 0) is 37.1 Å². The highest BCUT2D eigenvalue weighted by atomic mass is 16.5. The molecule has 1 N–H and O–H groups in total. The van der Waals surface area contributed by atoms with E-state index in [2.05, 4.69) is 11.4 Å². The predicted molar refractivity (Wildman–Crippen MR) is 74.9 cm³/mol. The molecule has 1 unspecified atom stereocenters. The van der Waals surface area contributed by atoms with Gasteiger partial charge >= 0.3 is 0 Å². The van der Waals surface area contributed by atoms with Gasteiger partial charge < -0.3 is 14.5 Å². The quantitative estimate of drug-likeness (QED) is 0.933. The highest BCUT2D eigenvalue weighted by molar-refractivity contribution is 5.91. The number of benzene rings is 1. The maximum Gasteiger partial charge on any atom is 0.287 e. The number of carbonyl (C=O) groups is 1. The summed E-state index contributed by atoms with van der Waals surface area (Å²) in [5.74, 6) is 2.18. The Bertz CT molecular complexity index is 618. The van der Waals surface area contributed by atoms with Gasteiger partial charge in [0.1, 0.15) is 11.5 Å². The third kappa shape index (κ3) is 2.69. The molecule has 1 aliphatic rings. The van der Waals surface area contributed by atoms with Crippen molar-refractivity contribution < 1.29 is 13.9 Å². The van der Waals surface area contributed by atoms with Crippen LogP contribution in [0, 0.1) is 12.8 Å². The van der Waals surface area contributed by atoms with Crippen LogP contribution in [0.3, 0.4) is 0 Å². The number of ether oxygens (including phenoxy) is 1. The summed E-state index contributed by atoms with van der Waals surface area (Å²) >= 11 is 0. The van der Waals surface area contributed by atoms with E-state index in [1.54, 1.807) is 12.1 Å². The third-order valence-corrected chi connectivity index (χ3v) is 3.47. The molecule has 0 spiro atoms. The number of amides is 1. The molecule has 2 heterocycles. The predicted octanol–water partition coefficient (Wildman–Crippen LogP) is 2.57. The Labute approximate surface area is 117 Å². The molecule has 0 saturated heterocycles. The summed E-state index contributed by atoms with van der Waals surface area (Å²) in [5.41, 5.74) is 1.20. The number of fused-ring (bicyclic) bond motifs is 1. The number of hydrogen-bond donors (Lipinski definition) is 1. The molecule has 1 amide bonds. The molecule has 104 valence electrons. The Kier molecular flexibility index (Phi) is 3.46. The van der Waals surface area contributed by atoms with Gasteiger partial charge in [-0.2, -0.15) is 0 Å². The molecule has 1 aliphatic heterocycles. The van der Waals surface area contributed by atoms with Gasteiger partial charge in [0.15, 0.2) is 5.76 Å². The summed E-state index contributed by atoms with van der Waals surface area (Å²) in [6.45, 7) is 3.05. The van der Waals surface area contributed by atoms with Crippen molar-refractivity contribution >= 4 is 5.91 Å². The molecule has 0 aliphatic carbocycles. The fraction of sp³-hybridized carbons (Fsp3) is 0.312. The van der Waals surface area contributed by atoms with Crippen LogP contribution in [0.25, 0.3) is 0 Å². The highest BCUT2D eigenvalue weighted by Gasteiger charge is 2.20. The molecular weight excluding hydrogens is 254 g/mol. The first-order valence-corrected chi connectivity index (χ1v) is 6.78. The van der Waals surface area contributed by atoms with Crippen molar-refractivity contribution in [2.45, 2.75) is 13.3 Å². The lowest BCUT2D eigenvalue weighted by Crippen LogP contribution is -2.34. The Balaban J connectivity index is 1.56. The second-order valence-electron chi connectivity index (χ2n) is 5.11. The number of hydrogen-bond acceptors (Lipinski definition) is 3. The van der Waals surface area contributed by atoms with Crippen LogP contribution in [0.2, 0.25) is 0 Å². The molecule has 0 radical (unpaired) electrons. The van der Waals surface area contributed by atoms with Crippen LogP contribution in [0.4, 0.5) is 0 Å². The maximum atomic E-state index is 11.9. The first kappa shape index (κ1) is 12.8. The van der Waals surface area contributed by atoms with Crippen molar-refractivity contribution in [2.75, 3.05) is 13.2 Å². The van der Waals surface area contributed by atoms with Gasteiger partial charge in [0.05, 0.1) is 6.61 Å². The van der Waals surface area contributed by atoms with Crippen LogP contribution in [0.5, 0.6) is 5.75 Å². The van der Waals surface area contributed by atoms with E-state index in [-0.39, 0.29) is 5.91 Å². The molecule has 2 aromatic rings. The molecule has 3 rings (SSSR count). The van der Waals surface area contributed by atoms with Crippen LogP contribution in [-0.4, -0.2) is 19.1 Å². The average Bonchev–Trinajstić information content (AvgIpc) is 2.91. The van der Waals surface area contributed by atoms with Crippen molar-refractivity contribution in [3.05, 3.63) is 53.5 Å². The maximum absolute atomic E-state index is 11.9. The van der Waals surface area contributed by atoms with Crippen LogP contribution in [0.15, 0.2) is 40.8 Å². The number of nitrogens with one attached hydrogen (secondary N) is 1. The Morgan fingerprint density at radius 1 is 1.30 bits per heavy atom. The van der Waals surface area contributed by atoms with Gasteiger partial charge in [-0.25, -0.2) is 0 Å². The smallest absolute Gasteiger partial charge is 0.287 e. The van der Waals surface area contributed by atoms with E-state index in [0.29, 0.717) is 24.8 Å². The van der Waals surface area contributed by atoms with Crippen molar-refractivity contribution in [1.82, 2.24) is 5.32 Å². The number of carbonyl (C=O) groups excluding carboxylic acids is 1. The van der Waals surface area contributed by atoms with Gasteiger partial charge in [0.2, 0.25) is 0 Å². The lowest BCUT2D eigenvalue weighted by atomic mass is 9.97. The van der Waals surface area contributed by atoms with Gasteiger partial charge in [-0.15, -0.1) is 0 Å². The zero-order valence-electron chi connectivity index (χ0n) is 11.4. The molecule has 4 heteroatoms. The van der Waals surface area contributed by atoms with Gasteiger partial charge in [0.25, 0.3) is 5.91 Å². The second kappa shape index (κ2) is 5.41. The summed E-state index contributed by atoms with van der Waals surface area (Å²) in [4.78, 5) is 11.9. The third-order valence-electron chi connectivity index (χ3n) is 3.47. The molecule has 0 saturated carbocycles. The average molecular weight is 271 g/mol. The number of aryl methyl sites for hydroxylation is 1. The van der Waals surface area contributed by atoms with E-state index in [1.807, 2.05) is 25.1 Å². The molecule has 1 aromatic heterocycles. The normalized spacial score (nSPS) is 17.1. The first-order valence-electron chi connectivity index (χ1n) is 6.78. The van der Waals surface area contributed by atoms with Crippen molar-refractivity contribution in [2.24, 2.45) is 5.92 Å². The highest BCUT2D eigenvalue weighted by Crippen LogP contribution is 2.26. The largest absolute Gasteiger partial charge is 0.493 e. The van der Waals surface area contributed by atoms with Gasteiger partial charge in [0, 0.05) is 12.5 Å². The minimum Gasteiger partial charge on any atom is -0.493 e. The second-order valence-corrected chi connectivity index (χ2v) is 5.11. The minimum absolute atomic E-state index is 0.169. The Morgan fingerprint density at radius 3 is 2.95 bits per heavy atom. The summed E-state index contributed by atoms with van der Waals surface area (Å²) in [7, 11) is 0. The lowest BCUT2D eigenvalue weighted by molar-refractivity contribution is 0.0910. The standard InChI is InChI=1S/C16H17NO3/c1-11-6-7-15(20-11)16(18)17-9-12-8-13-4-2-3-5-14(13)19-10-12/h2-7,12H,8-10H2,1H3,(H,17,18). The minimum atomic E-state index is -0.169. The molecule has 0 bridgehead atoms. The lowest BCUT2D eigenvalue weighted by Gasteiger charge is -2.25. The summed E-state index contributed by atoms with van der Waals surface area (Å²) in [6, 6.07) is 11.5. The molecular formula is C16H17NO3. The molecule has 1 atom stereocenters. The van der Waals surface area contributed by atoms with Crippen LogP contribution in [-0.2, 0) is 6.42 Å². The van der Waals surface area contributed by atoms with Crippen LogP contribution < -0.4 is 10.1 Å². The van der Waals surface area contributed by atoms with E-state index in [4.69, 9.17) is 9.15 Å². The van der Waals surface area contributed by atoms with Crippen molar-refractivity contribution in [1.29, 1.82) is 0 Å². The Morgan fingerprint density at radius 2 is 2.15 bits per heavy atom. The van der Waals surface area contributed by atoms with Crippen molar-refractivity contribution in [3.8, 4) is 5.75 Å². The zero-order chi connectivity index (χ0) is 13.9. The van der Waals surface area contributed by atoms with E-state index in [9.17, 15) is 4.79 Å². The van der Waals surface area contributed by atoms with E-state index in [1.165, 1.54) is 5.56 Å².